The van der Waals surface area contributed by atoms with Crippen LogP contribution in [0.4, 0.5) is 15.8 Å². The first-order chi connectivity index (χ1) is 12.7. The number of anilines is 2. The van der Waals surface area contributed by atoms with Gasteiger partial charge in [0.2, 0.25) is 15.9 Å². The minimum absolute atomic E-state index is 0.155. The molecule has 1 atom stereocenters. The maximum atomic E-state index is 14.1. The van der Waals surface area contributed by atoms with Crippen molar-refractivity contribution in [2.75, 3.05) is 15.9 Å². The van der Waals surface area contributed by atoms with E-state index in [0.717, 1.165) is 35.9 Å². The highest BCUT2D eigenvalue weighted by atomic mass is 32.2. The summed E-state index contributed by atoms with van der Waals surface area (Å²) in [6.45, 7) is 3.55. The Kier molecular flexibility index (Phi) is 6.96. The number of hydrogen-bond acceptors (Lipinski definition) is 3. The van der Waals surface area contributed by atoms with Crippen LogP contribution < -0.4 is 9.62 Å². The SMILES string of the molecule is CCCCc1ccc(NC(=O)C(C)N(c2ccccc2F)S(C)(=O)=O)cc1. The number of hydrogen-bond donors (Lipinski definition) is 1. The molecule has 7 heteroatoms. The fourth-order valence-corrected chi connectivity index (χ4v) is 3.97. The number of nitrogens with zero attached hydrogens (tertiary/aromatic N) is 1. The molecule has 2 rings (SSSR count). The summed E-state index contributed by atoms with van der Waals surface area (Å²) in [7, 11) is -3.86. The smallest absolute Gasteiger partial charge is 0.247 e. The molecule has 2 aromatic rings. The predicted molar refractivity (Wildman–Crippen MR) is 107 cm³/mol. The van der Waals surface area contributed by atoms with Gasteiger partial charge in [-0.1, -0.05) is 37.6 Å². The zero-order chi connectivity index (χ0) is 20.0. The average Bonchev–Trinajstić information content (AvgIpc) is 2.61. The molecule has 0 bridgehead atoms. The molecule has 0 saturated heterocycles. The molecule has 27 heavy (non-hydrogen) atoms. The van der Waals surface area contributed by atoms with Crippen molar-refractivity contribution in [1.29, 1.82) is 0 Å². The first-order valence-electron chi connectivity index (χ1n) is 8.87. The van der Waals surface area contributed by atoms with Crippen molar-refractivity contribution < 1.29 is 17.6 Å². The Hall–Kier alpha value is -2.41. The van der Waals surface area contributed by atoms with E-state index in [4.69, 9.17) is 0 Å². The second-order valence-corrected chi connectivity index (χ2v) is 8.34. The second kappa shape index (κ2) is 8.99. The normalized spacial score (nSPS) is 12.4. The number of carbonyl (C=O) groups is 1. The molecule has 0 spiro atoms. The van der Waals surface area contributed by atoms with Gasteiger partial charge in [0.25, 0.3) is 0 Å². The molecule has 0 radical (unpaired) electrons. The molecule has 0 aliphatic rings. The van der Waals surface area contributed by atoms with Crippen LogP contribution in [0.25, 0.3) is 0 Å². The Bertz CT molecular complexity index is 882. The molecule has 0 heterocycles. The van der Waals surface area contributed by atoms with E-state index in [1.165, 1.54) is 30.7 Å². The number of unbranched alkanes of at least 4 members (excludes halogenated alkanes) is 1. The molecule has 146 valence electrons. The highest BCUT2D eigenvalue weighted by Gasteiger charge is 2.30. The molecule has 0 saturated carbocycles. The van der Waals surface area contributed by atoms with Gasteiger partial charge < -0.3 is 5.32 Å². The molecule has 0 aliphatic heterocycles. The van der Waals surface area contributed by atoms with E-state index in [-0.39, 0.29) is 5.69 Å². The third-order valence-corrected chi connectivity index (χ3v) is 5.45. The highest BCUT2D eigenvalue weighted by molar-refractivity contribution is 7.92. The van der Waals surface area contributed by atoms with E-state index < -0.39 is 27.8 Å². The van der Waals surface area contributed by atoms with Crippen molar-refractivity contribution >= 4 is 27.3 Å². The van der Waals surface area contributed by atoms with Crippen LogP contribution in [0.1, 0.15) is 32.3 Å². The molecule has 0 aliphatic carbocycles. The van der Waals surface area contributed by atoms with E-state index in [2.05, 4.69) is 12.2 Å². The maximum Gasteiger partial charge on any atom is 0.247 e. The number of nitrogens with one attached hydrogen (secondary N) is 1. The van der Waals surface area contributed by atoms with Gasteiger partial charge in [0.05, 0.1) is 11.9 Å². The molecule has 0 fully saturated rings. The summed E-state index contributed by atoms with van der Waals surface area (Å²) in [4.78, 5) is 12.6. The Balaban J connectivity index is 2.19. The van der Waals surface area contributed by atoms with Gasteiger partial charge in [-0.3, -0.25) is 9.10 Å². The number of sulfonamides is 1. The van der Waals surface area contributed by atoms with Crippen LogP contribution in [-0.2, 0) is 21.2 Å². The minimum atomic E-state index is -3.86. The zero-order valence-corrected chi connectivity index (χ0v) is 16.6. The number of amides is 1. The van der Waals surface area contributed by atoms with E-state index >= 15 is 0 Å². The average molecular weight is 392 g/mol. The van der Waals surface area contributed by atoms with Crippen LogP contribution >= 0.6 is 0 Å². The maximum absolute atomic E-state index is 14.1. The molecule has 2 aromatic carbocycles. The van der Waals surface area contributed by atoms with Crippen molar-refractivity contribution in [3.05, 3.63) is 59.9 Å². The molecule has 0 aromatic heterocycles. The predicted octanol–water partition coefficient (Wildman–Crippen LogP) is 3.96. The van der Waals surface area contributed by atoms with Gasteiger partial charge in [-0.25, -0.2) is 12.8 Å². The molecule has 1 N–H and O–H groups in total. The van der Waals surface area contributed by atoms with Crippen molar-refractivity contribution in [3.8, 4) is 0 Å². The van der Waals surface area contributed by atoms with Crippen LogP contribution in [-0.4, -0.2) is 26.6 Å². The van der Waals surface area contributed by atoms with E-state index in [1.54, 1.807) is 12.1 Å². The van der Waals surface area contributed by atoms with Crippen LogP contribution in [0.15, 0.2) is 48.5 Å². The summed E-state index contributed by atoms with van der Waals surface area (Å²) in [5, 5.41) is 2.70. The van der Waals surface area contributed by atoms with E-state index in [9.17, 15) is 17.6 Å². The number of halogens is 1. The second-order valence-electron chi connectivity index (χ2n) is 6.48. The number of benzene rings is 2. The Morgan fingerprint density at radius 3 is 2.33 bits per heavy atom. The van der Waals surface area contributed by atoms with Gasteiger partial charge in [-0.05, 0) is 49.6 Å². The summed E-state index contributed by atoms with van der Waals surface area (Å²) < 4.78 is 39.3. The molecular weight excluding hydrogens is 367 g/mol. The first-order valence-corrected chi connectivity index (χ1v) is 10.7. The lowest BCUT2D eigenvalue weighted by Gasteiger charge is -2.28. The van der Waals surface area contributed by atoms with Crippen LogP contribution in [0.2, 0.25) is 0 Å². The van der Waals surface area contributed by atoms with Gasteiger partial charge in [0, 0.05) is 5.69 Å². The fourth-order valence-electron chi connectivity index (χ4n) is 2.79. The van der Waals surface area contributed by atoms with Gasteiger partial charge in [0.1, 0.15) is 11.9 Å². The lowest BCUT2D eigenvalue weighted by molar-refractivity contribution is -0.116. The summed E-state index contributed by atoms with van der Waals surface area (Å²) in [6.07, 6.45) is 4.12. The van der Waals surface area contributed by atoms with Gasteiger partial charge in [-0.15, -0.1) is 0 Å². The molecule has 1 unspecified atom stereocenters. The van der Waals surface area contributed by atoms with E-state index in [1.807, 2.05) is 12.1 Å². The third kappa shape index (κ3) is 5.53. The van der Waals surface area contributed by atoms with Gasteiger partial charge in [0.15, 0.2) is 0 Å². The van der Waals surface area contributed by atoms with Crippen molar-refractivity contribution in [1.82, 2.24) is 0 Å². The lowest BCUT2D eigenvalue weighted by Crippen LogP contribution is -2.45. The van der Waals surface area contributed by atoms with Crippen molar-refractivity contribution in [2.45, 2.75) is 39.2 Å². The van der Waals surface area contributed by atoms with Crippen molar-refractivity contribution in [2.24, 2.45) is 0 Å². The van der Waals surface area contributed by atoms with Gasteiger partial charge >= 0.3 is 0 Å². The van der Waals surface area contributed by atoms with Crippen LogP contribution in [0, 0.1) is 5.82 Å². The van der Waals surface area contributed by atoms with Crippen LogP contribution in [0.5, 0.6) is 0 Å². The lowest BCUT2D eigenvalue weighted by atomic mass is 10.1. The number of aryl methyl sites for hydroxylation is 1. The zero-order valence-electron chi connectivity index (χ0n) is 15.8. The van der Waals surface area contributed by atoms with Crippen LogP contribution in [0.3, 0.4) is 0 Å². The summed E-state index contributed by atoms with van der Waals surface area (Å²) in [5.41, 5.74) is 1.58. The summed E-state index contributed by atoms with van der Waals surface area (Å²) in [6, 6.07) is 11.8. The Labute approximate surface area is 160 Å². The number of carbonyl (C=O) groups excluding carboxylic acids is 1. The largest absolute Gasteiger partial charge is 0.324 e. The van der Waals surface area contributed by atoms with Gasteiger partial charge in [-0.2, -0.15) is 0 Å². The highest BCUT2D eigenvalue weighted by Crippen LogP contribution is 2.24. The molecular formula is C20H25FN2O3S. The standard InChI is InChI=1S/C20H25FN2O3S/c1-4-5-8-16-11-13-17(14-12-16)22-20(24)15(2)23(27(3,25)26)19-10-7-6-9-18(19)21/h6-7,9-15H,4-5,8H2,1-3H3,(H,22,24). The Morgan fingerprint density at radius 2 is 1.78 bits per heavy atom. The first kappa shape index (κ1) is 20.9. The topological polar surface area (TPSA) is 66.5 Å². The molecule has 1 amide bonds. The monoisotopic (exact) mass is 392 g/mol. The van der Waals surface area contributed by atoms with Crippen molar-refractivity contribution in [3.63, 3.8) is 0 Å². The summed E-state index contributed by atoms with van der Waals surface area (Å²) >= 11 is 0. The molecule has 5 nitrogen and oxygen atoms in total. The third-order valence-electron chi connectivity index (χ3n) is 4.22. The Morgan fingerprint density at radius 1 is 1.15 bits per heavy atom. The number of para-hydroxylation sites is 1. The fraction of sp³-hybridized carbons (Fsp3) is 0.350. The van der Waals surface area contributed by atoms with E-state index in [0.29, 0.717) is 5.69 Å². The quantitative estimate of drug-likeness (QED) is 0.739. The minimum Gasteiger partial charge on any atom is -0.324 e. The summed E-state index contributed by atoms with van der Waals surface area (Å²) in [5.74, 6) is -1.24. The number of rotatable bonds is 8.